The van der Waals surface area contributed by atoms with Gasteiger partial charge in [0.15, 0.2) is 8.32 Å². The third-order valence-electron chi connectivity index (χ3n) is 2.93. The van der Waals surface area contributed by atoms with Crippen LogP contribution in [0.5, 0.6) is 0 Å². The first kappa shape index (κ1) is 34.2. The molecule has 0 N–H and O–H groups in total. The molecule has 0 fully saturated rings. The van der Waals surface area contributed by atoms with Crippen molar-refractivity contribution >= 4 is 19.7 Å². The van der Waals surface area contributed by atoms with E-state index in [-0.39, 0.29) is 54.8 Å². The molecule has 1 aromatic heterocycles. The van der Waals surface area contributed by atoms with Crippen LogP contribution in [-0.4, -0.2) is 14.9 Å². The summed E-state index contributed by atoms with van der Waals surface area (Å²) in [5.74, 6) is 0. The van der Waals surface area contributed by atoms with Gasteiger partial charge in [-0.1, -0.05) is 20.8 Å². The first-order valence-electron chi connectivity index (χ1n) is 6.10. The van der Waals surface area contributed by atoms with E-state index in [9.17, 15) is 0 Å². The van der Waals surface area contributed by atoms with Crippen molar-refractivity contribution in [3.63, 3.8) is 0 Å². The molecule has 118 valence electrons. The number of hydrogen-bond donors (Lipinski definition) is 0. The van der Waals surface area contributed by atoms with Gasteiger partial charge in [-0.05, 0) is 24.6 Å². The van der Waals surface area contributed by atoms with E-state index in [1.165, 1.54) is 0 Å². The van der Waals surface area contributed by atoms with Gasteiger partial charge in [0.25, 0.3) is 0 Å². The molecule has 7 heteroatoms. The average Bonchev–Trinajstić information content (AvgIpc) is 2.89. The normalized spacial score (nSPS) is 9.05. The second kappa shape index (κ2) is 19.9. The van der Waals surface area contributed by atoms with Gasteiger partial charge >= 0.3 is 54.8 Å². The predicted molar refractivity (Wildman–Crippen MR) is 84.8 cm³/mol. The third kappa shape index (κ3) is 18.9. The Morgan fingerprint density at radius 3 is 2.05 bits per heavy atom. The van der Waals surface area contributed by atoms with Crippen LogP contribution in [0.3, 0.4) is 0 Å². The molecule has 1 heterocycles. The summed E-state index contributed by atoms with van der Waals surface area (Å²) in [6, 6.07) is 3.86. The van der Waals surface area contributed by atoms with E-state index in [4.69, 9.17) is 22.8 Å². The number of thiophene rings is 1. The van der Waals surface area contributed by atoms with E-state index in [1.54, 1.807) is 17.4 Å². The Bertz CT molecular complexity index is 324. The summed E-state index contributed by atoms with van der Waals surface area (Å²) in [6.45, 7) is 22.0. The standard InChI is InChI=1S/C10H21OSi.C4H3S.CN.Cu.2Li/c1-7-8-9-11-12(5,6)10(2,3)4;1-2-4-5-3-1;1-2;;;/h1,7H,8-9H2,2-6H3;1-3H;;;;/q3*-1;3*+1. The Morgan fingerprint density at radius 2 is 1.82 bits per heavy atom. The van der Waals surface area contributed by atoms with E-state index >= 15 is 0 Å². The van der Waals surface area contributed by atoms with Crippen LogP contribution in [0.25, 0.3) is 0 Å². The molecule has 2 nitrogen and oxygen atoms in total. The molecule has 0 bridgehead atoms. The Labute approximate surface area is 177 Å². The van der Waals surface area contributed by atoms with Crippen molar-refractivity contribution in [1.29, 1.82) is 5.26 Å². The minimum Gasteiger partial charge on any atom is -0.518 e. The molecule has 0 aromatic carbocycles. The minimum atomic E-state index is -1.52. The fourth-order valence-corrected chi connectivity index (χ4v) is 2.25. The summed E-state index contributed by atoms with van der Waals surface area (Å²) >= 11 is 1.59. The molecule has 0 aliphatic heterocycles. The molecule has 0 amide bonds. The molecule has 1 rings (SSSR count). The summed E-state index contributed by atoms with van der Waals surface area (Å²) in [6.07, 6.45) is 2.51. The number of hydrogen-bond acceptors (Lipinski definition) is 3. The smallest absolute Gasteiger partial charge is 0.518 e. The van der Waals surface area contributed by atoms with Gasteiger partial charge in [0, 0.05) is 6.61 Å². The van der Waals surface area contributed by atoms with E-state index in [0.29, 0.717) is 5.04 Å². The molecule has 22 heavy (non-hydrogen) atoms. The summed E-state index contributed by atoms with van der Waals surface area (Å²) in [7, 11) is -1.52. The van der Waals surface area contributed by atoms with E-state index in [0.717, 1.165) is 13.0 Å². The Kier molecular flexibility index (Phi) is 30.9. The van der Waals surface area contributed by atoms with Crippen molar-refractivity contribution in [1.82, 2.24) is 0 Å². The molecule has 0 spiro atoms. The van der Waals surface area contributed by atoms with E-state index < -0.39 is 8.32 Å². The second-order valence-corrected chi connectivity index (χ2v) is 10.9. The van der Waals surface area contributed by atoms with Gasteiger partial charge in [-0.3, -0.25) is 6.08 Å². The summed E-state index contributed by atoms with van der Waals surface area (Å²) in [5.41, 5.74) is 0. The van der Waals surface area contributed by atoms with Crippen LogP contribution in [0.2, 0.25) is 18.1 Å². The number of nitrogens with zero attached hydrogens (tertiary/aromatic N) is 1. The Morgan fingerprint density at radius 1 is 1.32 bits per heavy atom. The van der Waals surface area contributed by atoms with E-state index in [1.807, 2.05) is 17.5 Å². The Balaban J connectivity index is -0.0000000818. The number of rotatable bonds is 4. The summed E-state index contributed by atoms with van der Waals surface area (Å²) in [4.78, 5) is 0. The topological polar surface area (TPSA) is 33.0 Å². The zero-order chi connectivity index (χ0) is 15.4. The van der Waals surface area contributed by atoms with Crippen molar-refractivity contribution in [3.8, 4) is 0 Å². The maximum atomic E-state index is 6.25. The first-order valence-corrected chi connectivity index (χ1v) is 9.89. The van der Waals surface area contributed by atoms with Gasteiger partial charge in [0.2, 0.25) is 0 Å². The Hall–Kier alpha value is 0.821. The quantitative estimate of drug-likeness (QED) is 0.388. The van der Waals surface area contributed by atoms with Crippen LogP contribution in [-0.2, 0) is 21.5 Å². The third-order valence-corrected chi connectivity index (χ3v) is 8.04. The molecular weight excluding hydrogens is 348 g/mol. The largest absolute Gasteiger partial charge is 1.00 e. The summed E-state index contributed by atoms with van der Waals surface area (Å²) in [5, 5.41) is 11.4. The van der Waals surface area contributed by atoms with Crippen LogP contribution in [0, 0.1) is 23.8 Å². The van der Waals surface area contributed by atoms with Crippen LogP contribution >= 0.6 is 11.3 Å². The van der Waals surface area contributed by atoms with Crippen molar-refractivity contribution < 1.29 is 59.2 Å². The summed E-state index contributed by atoms with van der Waals surface area (Å²) < 4.78 is 5.86. The molecule has 0 aliphatic carbocycles. The van der Waals surface area contributed by atoms with Crippen LogP contribution in [0.4, 0.5) is 0 Å². The zero-order valence-electron chi connectivity index (χ0n) is 14.9. The van der Waals surface area contributed by atoms with Gasteiger partial charge in [-0.25, -0.2) is 6.07 Å². The van der Waals surface area contributed by atoms with Crippen molar-refractivity contribution in [2.45, 2.75) is 45.3 Å². The molecule has 0 atom stereocenters. The van der Waals surface area contributed by atoms with Crippen molar-refractivity contribution in [2.75, 3.05) is 6.61 Å². The van der Waals surface area contributed by atoms with Crippen LogP contribution < -0.4 is 37.7 Å². The average molecular weight is 372 g/mol. The molecule has 0 radical (unpaired) electrons. The van der Waals surface area contributed by atoms with Gasteiger partial charge < -0.3 is 34.2 Å². The van der Waals surface area contributed by atoms with Crippen LogP contribution in [0.15, 0.2) is 23.6 Å². The van der Waals surface area contributed by atoms with E-state index in [2.05, 4.69) is 39.2 Å². The molecular formula is C15H24CuLi2NOSSi. The van der Waals surface area contributed by atoms with Gasteiger partial charge in [0.1, 0.15) is 0 Å². The fourth-order valence-electron chi connectivity index (χ4n) is 0.795. The molecule has 0 saturated heterocycles. The van der Waals surface area contributed by atoms with Gasteiger partial charge in [0.05, 0.1) is 0 Å². The molecule has 0 aliphatic rings. The second-order valence-electron chi connectivity index (χ2n) is 5.36. The minimum absolute atomic E-state index is 0. The molecule has 1 aromatic rings. The maximum Gasteiger partial charge on any atom is 1.00 e. The van der Waals surface area contributed by atoms with Crippen LogP contribution in [0.1, 0.15) is 27.2 Å². The molecule has 0 unspecified atom stereocenters. The first-order chi connectivity index (χ1) is 8.81. The fraction of sp³-hybridized carbons (Fsp3) is 0.533. The maximum absolute atomic E-state index is 6.25. The van der Waals surface area contributed by atoms with Crippen molar-refractivity contribution in [2.24, 2.45) is 0 Å². The zero-order valence-corrected chi connectivity index (χ0v) is 17.6. The SMILES string of the molecule is [C-]#N.[CH-]=CCCO[Si](C)(C)C(C)(C)C.[Cu+].[Li+].[Li+].[c-]1cccs1. The predicted octanol–water partition coefficient (Wildman–Crippen LogP) is -0.962. The van der Waals surface area contributed by atoms with Gasteiger partial charge in [-0.15, -0.1) is 5.38 Å². The molecule has 0 saturated carbocycles. The van der Waals surface area contributed by atoms with Crippen molar-refractivity contribution in [3.05, 3.63) is 42.1 Å². The monoisotopic (exact) mass is 371 g/mol. The van der Waals surface area contributed by atoms with Gasteiger partial charge in [-0.2, -0.15) is 11.4 Å².